The molecule has 0 aliphatic carbocycles. The molecule has 2 aromatic rings. The quantitative estimate of drug-likeness (QED) is 0.687. The van der Waals surface area contributed by atoms with Crippen LogP contribution in [0.2, 0.25) is 0 Å². The summed E-state index contributed by atoms with van der Waals surface area (Å²) in [6.07, 6.45) is 5.44. The van der Waals surface area contributed by atoms with E-state index in [4.69, 9.17) is 0 Å². The Balaban J connectivity index is 1.21. The van der Waals surface area contributed by atoms with Crippen LogP contribution >= 0.6 is 0 Å². The first-order chi connectivity index (χ1) is 14.5. The third-order valence-corrected chi connectivity index (χ3v) is 6.62. The van der Waals surface area contributed by atoms with Gasteiger partial charge < -0.3 is 14.7 Å². The van der Waals surface area contributed by atoms with Crippen molar-refractivity contribution >= 4 is 5.91 Å². The molecular formula is C24H37N5O+2. The molecule has 6 heteroatoms. The van der Waals surface area contributed by atoms with E-state index in [0.29, 0.717) is 24.3 Å². The highest BCUT2D eigenvalue weighted by Crippen LogP contribution is 2.20. The number of nitrogens with one attached hydrogen (secondary N) is 2. The van der Waals surface area contributed by atoms with Crippen LogP contribution in [-0.4, -0.2) is 66.4 Å². The molecule has 0 bridgehead atoms. The van der Waals surface area contributed by atoms with Crippen molar-refractivity contribution in [2.24, 2.45) is 11.8 Å². The fraction of sp³-hybridized carbons (Fsp3) is 0.583. The van der Waals surface area contributed by atoms with Crippen molar-refractivity contribution in [2.45, 2.75) is 33.4 Å². The lowest BCUT2D eigenvalue weighted by Crippen LogP contribution is -3.28. The van der Waals surface area contributed by atoms with Crippen LogP contribution in [0.15, 0.2) is 42.7 Å². The minimum Gasteiger partial charge on any atom is -0.337 e. The van der Waals surface area contributed by atoms with Gasteiger partial charge in [-0.15, -0.1) is 0 Å². The summed E-state index contributed by atoms with van der Waals surface area (Å²) in [5, 5.41) is 4.54. The van der Waals surface area contributed by atoms with E-state index in [9.17, 15) is 4.79 Å². The van der Waals surface area contributed by atoms with Crippen LogP contribution < -0.4 is 9.80 Å². The van der Waals surface area contributed by atoms with Gasteiger partial charge in [0.1, 0.15) is 32.7 Å². The van der Waals surface area contributed by atoms with E-state index < -0.39 is 0 Å². The maximum Gasteiger partial charge on any atom is 0.277 e. The summed E-state index contributed by atoms with van der Waals surface area (Å²) >= 11 is 0. The topological polar surface area (TPSA) is 47.0 Å². The van der Waals surface area contributed by atoms with Gasteiger partial charge in [-0.05, 0) is 23.8 Å². The first-order valence-corrected chi connectivity index (χ1v) is 11.6. The fourth-order valence-electron chi connectivity index (χ4n) is 5.15. The van der Waals surface area contributed by atoms with Crippen molar-refractivity contribution < 1.29 is 14.6 Å². The van der Waals surface area contributed by atoms with Crippen LogP contribution in [0.1, 0.15) is 31.4 Å². The van der Waals surface area contributed by atoms with Gasteiger partial charge in [-0.2, -0.15) is 5.10 Å². The highest BCUT2D eigenvalue weighted by atomic mass is 16.2. The third kappa shape index (κ3) is 5.70. The number of benzene rings is 1. The van der Waals surface area contributed by atoms with Crippen molar-refractivity contribution in [1.82, 2.24) is 14.7 Å². The number of likely N-dealkylation sites (tertiary alicyclic amines) is 1. The molecule has 2 N–H and O–H groups in total. The molecule has 2 fully saturated rings. The molecule has 0 saturated carbocycles. The standard InChI is InChI=1S/C24H35N5O/c1-20-12-21(2)15-28(14-20)24(30)19-27-10-8-26(9-11-27)16-23-13-25-29(18-23)17-22-6-4-3-5-7-22/h3-7,13,18,20-21H,8-12,14-17,19H2,1-2H3/p+2/t20-,21-/m1/s1. The summed E-state index contributed by atoms with van der Waals surface area (Å²) in [5.74, 6) is 1.63. The van der Waals surface area contributed by atoms with E-state index in [0.717, 1.165) is 52.4 Å². The lowest BCUT2D eigenvalue weighted by atomic mass is 9.92. The van der Waals surface area contributed by atoms with Crippen molar-refractivity contribution in [3.8, 4) is 0 Å². The zero-order valence-corrected chi connectivity index (χ0v) is 18.5. The van der Waals surface area contributed by atoms with E-state index in [-0.39, 0.29) is 0 Å². The lowest BCUT2D eigenvalue weighted by Gasteiger charge is -2.36. The Morgan fingerprint density at radius 2 is 1.67 bits per heavy atom. The average molecular weight is 412 g/mol. The number of hydrogen-bond donors (Lipinski definition) is 2. The molecule has 4 rings (SSSR count). The number of piperazine rings is 1. The largest absolute Gasteiger partial charge is 0.337 e. The average Bonchev–Trinajstić information content (AvgIpc) is 3.16. The second kappa shape index (κ2) is 9.75. The predicted octanol–water partition coefficient (Wildman–Crippen LogP) is -0.281. The van der Waals surface area contributed by atoms with Crippen molar-refractivity contribution in [3.63, 3.8) is 0 Å². The molecule has 0 spiro atoms. The van der Waals surface area contributed by atoms with E-state index in [1.54, 1.807) is 4.90 Å². The monoisotopic (exact) mass is 411 g/mol. The van der Waals surface area contributed by atoms with Gasteiger partial charge in [-0.1, -0.05) is 44.2 Å². The zero-order valence-electron chi connectivity index (χ0n) is 18.5. The number of carbonyl (C=O) groups excluding carboxylic acids is 1. The second-order valence-corrected chi connectivity index (χ2v) is 9.63. The number of amides is 1. The highest BCUT2D eigenvalue weighted by Gasteiger charge is 2.30. The minimum absolute atomic E-state index is 0.356. The van der Waals surface area contributed by atoms with E-state index in [1.165, 1.54) is 22.4 Å². The predicted molar refractivity (Wildman–Crippen MR) is 117 cm³/mol. The molecule has 1 aromatic heterocycles. The highest BCUT2D eigenvalue weighted by molar-refractivity contribution is 5.77. The summed E-state index contributed by atoms with van der Waals surface area (Å²) in [5.41, 5.74) is 2.58. The Hall–Kier alpha value is -2.18. The molecule has 30 heavy (non-hydrogen) atoms. The summed E-state index contributed by atoms with van der Waals surface area (Å²) < 4.78 is 2.03. The van der Waals surface area contributed by atoms with Crippen LogP contribution in [-0.2, 0) is 17.9 Å². The van der Waals surface area contributed by atoms with Gasteiger partial charge in [0.2, 0.25) is 0 Å². The van der Waals surface area contributed by atoms with Crippen molar-refractivity contribution in [1.29, 1.82) is 0 Å². The summed E-state index contributed by atoms with van der Waals surface area (Å²) in [6, 6.07) is 10.5. The van der Waals surface area contributed by atoms with Gasteiger partial charge >= 0.3 is 0 Å². The number of hydrogen-bond acceptors (Lipinski definition) is 2. The molecule has 0 radical (unpaired) electrons. The number of nitrogens with zero attached hydrogens (tertiary/aromatic N) is 3. The number of piperidine rings is 1. The third-order valence-electron chi connectivity index (χ3n) is 6.62. The molecular weight excluding hydrogens is 374 g/mol. The Morgan fingerprint density at radius 3 is 2.37 bits per heavy atom. The van der Waals surface area contributed by atoms with Crippen LogP contribution in [0, 0.1) is 11.8 Å². The van der Waals surface area contributed by atoms with Crippen LogP contribution in [0.25, 0.3) is 0 Å². The fourth-order valence-corrected chi connectivity index (χ4v) is 5.15. The van der Waals surface area contributed by atoms with Gasteiger partial charge in [0, 0.05) is 24.8 Å². The number of aromatic nitrogens is 2. The Bertz CT molecular complexity index is 802. The maximum atomic E-state index is 12.8. The Labute approximate surface area is 180 Å². The SMILES string of the molecule is C[C@@H]1C[C@@H](C)CN(C(=O)C[NH+]2CC[NH+](Cc3cnn(Cc4ccccc4)c3)CC2)C1. The molecule has 0 unspecified atom stereocenters. The van der Waals surface area contributed by atoms with Crippen LogP contribution in [0.3, 0.4) is 0 Å². The van der Waals surface area contributed by atoms with Crippen LogP contribution in [0.5, 0.6) is 0 Å². The Kier molecular flexibility index (Phi) is 6.85. The summed E-state index contributed by atoms with van der Waals surface area (Å²) in [4.78, 5) is 17.9. The number of carbonyl (C=O) groups is 1. The van der Waals surface area contributed by atoms with Crippen molar-refractivity contribution in [3.05, 3.63) is 53.9 Å². The van der Waals surface area contributed by atoms with Crippen LogP contribution in [0.4, 0.5) is 0 Å². The minimum atomic E-state index is 0.356. The molecule has 6 nitrogen and oxygen atoms in total. The van der Waals surface area contributed by atoms with Gasteiger partial charge in [0.15, 0.2) is 6.54 Å². The first-order valence-electron chi connectivity index (χ1n) is 11.6. The molecule has 2 aliphatic rings. The van der Waals surface area contributed by atoms with E-state index in [1.807, 2.05) is 16.9 Å². The number of rotatable bonds is 6. The smallest absolute Gasteiger partial charge is 0.277 e. The molecule has 1 aromatic carbocycles. The lowest BCUT2D eigenvalue weighted by molar-refractivity contribution is -1.02. The van der Waals surface area contributed by atoms with Gasteiger partial charge in [-0.25, -0.2) is 0 Å². The van der Waals surface area contributed by atoms with Gasteiger partial charge in [-0.3, -0.25) is 9.48 Å². The zero-order chi connectivity index (χ0) is 20.9. The van der Waals surface area contributed by atoms with Crippen molar-refractivity contribution in [2.75, 3.05) is 45.8 Å². The maximum absolute atomic E-state index is 12.8. The second-order valence-electron chi connectivity index (χ2n) is 9.63. The molecule has 2 aliphatic heterocycles. The summed E-state index contributed by atoms with van der Waals surface area (Å²) in [6.45, 7) is 13.4. The molecule has 3 heterocycles. The molecule has 1 amide bonds. The number of quaternary nitrogens is 2. The molecule has 162 valence electrons. The molecule has 2 saturated heterocycles. The van der Waals surface area contributed by atoms with Gasteiger partial charge in [0.25, 0.3) is 5.91 Å². The van der Waals surface area contributed by atoms with E-state index in [2.05, 4.69) is 54.3 Å². The van der Waals surface area contributed by atoms with Gasteiger partial charge in [0.05, 0.1) is 12.7 Å². The normalized spacial score (nSPS) is 27.2. The Morgan fingerprint density at radius 1 is 1.00 bits per heavy atom. The van der Waals surface area contributed by atoms with E-state index >= 15 is 0 Å². The summed E-state index contributed by atoms with van der Waals surface area (Å²) in [7, 11) is 0. The molecule has 2 atom stereocenters. The first kappa shape index (κ1) is 21.1.